The van der Waals surface area contributed by atoms with Crippen molar-refractivity contribution in [2.45, 2.75) is 43.7 Å². The highest BCUT2D eigenvalue weighted by molar-refractivity contribution is 5.95. The molecule has 8 nitrogen and oxygen atoms in total. The number of aromatic nitrogens is 2. The van der Waals surface area contributed by atoms with Gasteiger partial charge in [0.2, 0.25) is 0 Å². The molecule has 2 aliphatic carbocycles. The van der Waals surface area contributed by atoms with E-state index in [1.54, 1.807) is 7.11 Å². The van der Waals surface area contributed by atoms with Crippen LogP contribution in [0.5, 0.6) is 11.5 Å². The summed E-state index contributed by atoms with van der Waals surface area (Å²) in [5.41, 5.74) is 6.91. The second kappa shape index (κ2) is 8.24. The quantitative estimate of drug-likeness (QED) is 0.565. The molecule has 8 rings (SSSR count). The van der Waals surface area contributed by atoms with Gasteiger partial charge in [-0.1, -0.05) is 12.1 Å². The SMILES string of the molecule is COc1ccc2c3c1O[C@H]1c4[nH]c(C(=O)N5CCN(c6ccccn6)CC5)c(C)c4CC4[C@H](C2)N(C)CC[C@@]341. The number of rotatable bonds is 3. The summed E-state index contributed by atoms with van der Waals surface area (Å²) in [7, 11) is 4.00. The maximum Gasteiger partial charge on any atom is 0.270 e. The van der Waals surface area contributed by atoms with Gasteiger partial charge in [-0.3, -0.25) is 4.79 Å². The van der Waals surface area contributed by atoms with Crippen molar-refractivity contribution in [3.8, 4) is 11.5 Å². The zero-order chi connectivity index (χ0) is 26.5. The molecule has 1 spiro atoms. The molecule has 1 amide bonds. The highest BCUT2D eigenvalue weighted by Crippen LogP contribution is 2.67. The van der Waals surface area contributed by atoms with Crippen LogP contribution in [0.2, 0.25) is 0 Å². The molecule has 2 aromatic heterocycles. The number of hydrogen-bond donors (Lipinski definition) is 1. The Morgan fingerprint density at radius 3 is 2.74 bits per heavy atom. The van der Waals surface area contributed by atoms with Gasteiger partial charge >= 0.3 is 0 Å². The van der Waals surface area contributed by atoms with Crippen LogP contribution in [-0.2, 0) is 18.3 Å². The molecular weight excluding hydrogens is 490 g/mol. The lowest BCUT2D eigenvalue weighted by molar-refractivity contribution is -0.0256. The Labute approximate surface area is 228 Å². The van der Waals surface area contributed by atoms with Crippen LogP contribution in [0.1, 0.15) is 51.0 Å². The fraction of sp³-hybridized carbons (Fsp3) is 0.484. The van der Waals surface area contributed by atoms with Crippen LogP contribution < -0.4 is 14.4 Å². The Bertz CT molecular complexity index is 1480. The Kier molecular flexibility index (Phi) is 4.94. The Balaban J connectivity index is 1.15. The predicted octanol–water partition coefficient (Wildman–Crippen LogP) is 3.49. The van der Waals surface area contributed by atoms with Crippen LogP contribution in [0.4, 0.5) is 5.82 Å². The molecule has 5 aliphatic rings. The summed E-state index contributed by atoms with van der Waals surface area (Å²) in [6.45, 7) is 6.11. The minimum absolute atomic E-state index is 0.0758. The average molecular weight is 526 g/mol. The van der Waals surface area contributed by atoms with Gasteiger partial charge in [-0.05, 0) is 80.6 Å². The minimum atomic E-state index is -0.117. The van der Waals surface area contributed by atoms with Crippen molar-refractivity contribution in [1.29, 1.82) is 0 Å². The monoisotopic (exact) mass is 525 g/mol. The number of anilines is 1. The first kappa shape index (κ1) is 23.4. The molecule has 2 saturated heterocycles. The fourth-order valence-electron chi connectivity index (χ4n) is 8.49. The molecule has 3 aliphatic heterocycles. The summed E-state index contributed by atoms with van der Waals surface area (Å²) in [4.78, 5) is 28.9. The standard InChI is InChI=1S/C31H35N5O3/c1-18-20-17-21-22-16-19-7-8-23(38-3)28-25(19)31(21,9-11-34(22)2)29(39-28)27(20)33-26(18)30(37)36-14-12-35(13-15-36)24-6-4-5-10-32-24/h4-8,10,21-22,29,33H,9,11-17H2,1-3H3/t21?,22-,29-,31-/m0/s1. The van der Waals surface area contributed by atoms with E-state index in [0.29, 0.717) is 25.0 Å². The van der Waals surface area contributed by atoms with Crippen LogP contribution in [0.25, 0.3) is 0 Å². The first-order valence-corrected chi connectivity index (χ1v) is 14.2. The van der Waals surface area contributed by atoms with E-state index < -0.39 is 0 Å². The zero-order valence-electron chi connectivity index (χ0n) is 22.9. The lowest BCUT2D eigenvalue weighted by Crippen LogP contribution is -2.62. The number of amides is 1. The molecule has 2 bridgehead atoms. The van der Waals surface area contributed by atoms with Crippen molar-refractivity contribution in [3.05, 3.63) is 70.2 Å². The third-order valence-corrected chi connectivity index (χ3v) is 10.4. The van der Waals surface area contributed by atoms with E-state index in [0.717, 1.165) is 73.2 Å². The van der Waals surface area contributed by atoms with E-state index in [2.05, 4.69) is 45.9 Å². The van der Waals surface area contributed by atoms with Gasteiger partial charge in [0.15, 0.2) is 11.5 Å². The number of nitrogens with one attached hydrogen (secondary N) is 1. The van der Waals surface area contributed by atoms with Gasteiger partial charge in [-0.25, -0.2) is 4.98 Å². The molecule has 2 fully saturated rings. The Morgan fingerprint density at radius 1 is 1.13 bits per heavy atom. The van der Waals surface area contributed by atoms with Crippen LogP contribution in [0, 0.1) is 12.8 Å². The number of methoxy groups -OCH3 is 1. The van der Waals surface area contributed by atoms with Gasteiger partial charge in [0.05, 0.1) is 12.8 Å². The molecule has 0 saturated carbocycles. The summed E-state index contributed by atoms with van der Waals surface area (Å²) < 4.78 is 12.7. The summed E-state index contributed by atoms with van der Waals surface area (Å²) >= 11 is 0. The minimum Gasteiger partial charge on any atom is -0.493 e. The van der Waals surface area contributed by atoms with Gasteiger partial charge in [0.1, 0.15) is 17.6 Å². The van der Waals surface area contributed by atoms with Gasteiger partial charge in [0.25, 0.3) is 5.91 Å². The smallest absolute Gasteiger partial charge is 0.270 e. The number of likely N-dealkylation sites (tertiary alicyclic amines) is 1. The van der Waals surface area contributed by atoms with Crippen LogP contribution in [0.15, 0.2) is 36.5 Å². The van der Waals surface area contributed by atoms with E-state index in [1.165, 1.54) is 16.7 Å². The largest absolute Gasteiger partial charge is 0.493 e. The fourth-order valence-corrected chi connectivity index (χ4v) is 8.49. The number of piperidine rings is 1. The molecule has 1 N–H and O–H groups in total. The van der Waals surface area contributed by atoms with Crippen LogP contribution >= 0.6 is 0 Å². The third kappa shape index (κ3) is 3.03. The first-order chi connectivity index (χ1) is 19.0. The van der Waals surface area contributed by atoms with Crippen molar-refractivity contribution in [3.63, 3.8) is 0 Å². The number of H-pyrrole nitrogens is 1. The van der Waals surface area contributed by atoms with Gasteiger partial charge in [-0.2, -0.15) is 0 Å². The number of aromatic amines is 1. The lowest BCUT2D eigenvalue weighted by atomic mass is 9.51. The number of hydrogen-bond acceptors (Lipinski definition) is 6. The van der Waals surface area contributed by atoms with E-state index in [9.17, 15) is 4.79 Å². The molecular formula is C31H35N5O3. The van der Waals surface area contributed by atoms with Gasteiger partial charge < -0.3 is 29.2 Å². The molecule has 1 aromatic carbocycles. The Hall–Kier alpha value is -3.52. The molecule has 4 atom stereocenters. The lowest BCUT2D eigenvalue weighted by Gasteiger charge is -2.57. The molecule has 1 unspecified atom stereocenters. The molecule has 8 heteroatoms. The topological polar surface area (TPSA) is 73.9 Å². The summed E-state index contributed by atoms with van der Waals surface area (Å²) in [6.07, 6.45) is 4.78. The molecule has 5 heterocycles. The average Bonchev–Trinajstić information content (AvgIpc) is 3.49. The molecule has 0 radical (unpaired) electrons. The number of likely N-dealkylation sites (N-methyl/N-ethyl adjacent to an activating group) is 1. The highest BCUT2D eigenvalue weighted by Gasteiger charge is 2.65. The predicted molar refractivity (Wildman–Crippen MR) is 148 cm³/mol. The Morgan fingerprint density at radius 2 is 1.97 bits per heavy atom. The van der Waals surface area contributed by atoms with Crippen LogP contribution in [-0.4, -0.2) is 78.6 Å². The normalized spacial score (nSPS) is 28.5. The highest BCUT2D eigenvalue weighted by atomic mass is 16.5. The summed E-state index contributed by atoms with van der Waals surface area (Å²) in [5.74, 6) is 3.26. The molecule has 39 heavy (non-hydrogen) atoms. The second-order valence-corrected chi connectivity index (χ2v) is 12.0. The summed E-state index contributed by atoms with van der Waals surface area (Å²) in [5, 5.41) is 0. The number of pyridine rings is 1. The number of nitrogens with zero attached hydrogens (tertiary/aromatic N) is 4. The number of carbonyl (C=O) groups excluding carboxylic acids is 1. The number of carbonyl (C=O) groups is 1. The van der Waals surface area contributed by atoms with Crippen molar-refractivity contribution < 1.29 is 14.3 Å². The van der Waals surface area contributed by atoms with Crippen LogP contribution in [0.3, 0.4) is 0 Å². The van der Waals surface area contributed by atoms with E-state index in [4.69, 9.17) is 9.47 Å². The second-order valence-electron chi connectivity index (χ2n) is 12.0. The van der Waals surface area contributed by atoms with E-state index in [1.807, 2.05) is 29.3 Å². The number of piperazine rings is 1. The number of fused-ring (bicyclic) bond motifs is 2. The number of ether oxygens (including phenoxy) is 2. The maximum absolute atomic E-state index is 13.9. The van der Waals surface area contributed by atoms with E-state index >= 15 is 0 Å². The zero-order valence-corrected chi connectivity index (χ0v) is 22.9. The number of benzene rings is 1. The third-order valence-electron chi connectivity index (χ3n) is 10.4. The first-order valence-electron chi connectivity index (χ1n) is 14.2. The van der Waals surface area contributed by atoms with Crippen molar-refractivity contribution >= 4 is 11.7 Å². The van der Waals surface area contributed by atoms with Crippen molar-refractivity contribution in [1.82, 2.24) is 19.8 Å². The maximum atomic E-state index is 13.9. The van der Waals surface area contributed by atoms with Crippen molar-refractivity contribution in [2.24, 2.45) is 5.92 Å². The summed E-state index contributed by atoms with van der Waals surface area (Å²) in [6, 6.07) is 10.8. The molecule has 202 valence electrons. The van der Waals surface area contributed by atoms with Gasteiger partial charge in [-0.15, -0.1) is 0 Å². The van der Waals surface area contributed by atoms with E-state index in [-0.39, 0.29) is 17.4 Å². The van der Waals surface area contributed by atoms with Crippen molar-refractivity contribution in [2.75, 3.05) is 51.8 Å². The van der Waals surface area contributed by atoms with Gasteiger partial charge in [0, 0.05) is 49.4 Å². The molecule has 3 aromatic rings.